The van der Waals surface area contributed by atoms with Crippen molar-refractivity contribution in [1.29, 1.82) is 0 Å². The molecule has 2 heterocycles. The fourth-order valence-corrected chi connectivity index (χ4v) is 2.21. The predicted molar refractivity (Wildman–Crippen MR) is 80.7 cm³/mol. The monoisotopic (exact) mass is 307 g/mol. The topological polar surface area (TPSA) is 87.7 Å². The molecule has 0 bridgehead atoms. The Balaban J connectivity index is 1.92. The van der Waals surface area contributed by atoms with E-state index in [2.05, 4.69) is 15.3 Å². The first-order chi connectivity index (χ1) is 10.7. The molecule has 0 atom stereocenters. The van der Waals surface area contributed by atoms with Crippen LogP contribution in [0.4, 0.5) is 5.82 Å². The first kappa shape index (κ1) is 16.2. The molecule has 0 aromatic carbocycles. The lowest BCUT2D eigenvalue weighted by Gasteiger charge is -2.33. The minimum atomic E-state index is -0.216. The van der Waals surface area contributed by atoms with Crippen LogP contribution in [0.2, 0.25) is 0 Å². The van der Waals surface area contributed by atoms with Crippen LogP contribution in [-0.4, -0.2) is 73.6 Å². The van der Waals surface area contributed by atoms with Crippen molar-refractivity contribution in [1.82, 2.24) is 20.2 Å². The van der Waals surface area contributed by atoms with Crippen LogP contribution in [0.5, 0.6) is 0 Å². The van der Waals surface area contributed by atoms with Gasteiger partial charge in [-0.2, -0.15) is 0 Å². The second-order valence-electron chi connectivity index (χ2n) is 4.99. The lowest BCUT2D eigenvalue weighted by atomic mass is 10.3. The maximum atomic E-state index is 12.0. The molecule has 0 radical (unpaired) electrons. The number of carbonyl (C=O) groups is 2. The minimum Gasteiger partial charge on any atom is -0.385 e. The smallest absolute Gasteiger partial charge is 0.270 e. The molecule has 2 rings (SSSR count). The number of hydrogen-bond donors (Lipinski definition) is 1. The van der Waals surface area contributed by atoms with E-state index in [1.54, 1.807) is 18.1 Å². The fourth-order valence-electron chi connectivity index (χ4n) is 2.21. The van der Waals surface area contributed by atoms with Crippen molar-refractivity contribution in [3.63, 3.8) is 0 Å². The van der Waals surface area contributed by atoms with E-state index in [-0.39, 0.29) is 5.91 Å². The molecular weight excluding hydrogens is 286 g/mol. The van der Waals surface area contributed by atoms with Crippen molar-refractivity contribution in [2.75, 3.05) is 51.3 Å². The zero-order valence-corrected chi connectivity index (χ0v) is 12.7. The highest BCUT2D eigenvalue weighted by molar-refractivity contribution is 5.92. The summed E-state index contributed by atoms with van der Waals surface area (Å²) in [5, 5.41) is 2.80. The van der Waals surface area contributed by atoms with Crippen LogP contribution >= 0.6 is 0 Å². The van der Waals surface area contributed by atoms with Crippen LogP contribution in [0.1, 0.15) is 16.9 Å². The highest BCUT2D eigenvalue weighted by Gasteiger charge is 2.18. The van der Waals surface area contributed by atoms with Crippen LogP contribution in [0.25, 0.3) is 0 Å². The molecule has 2 amide bonds. The van der Waals surface area contributed by atoms with Crippen LogP contribution in [0.15, 0.2) is 12.4 Å². The van der Waals surface area contributed by atoms with Gasteiger partial charge in [-0.15, -0.1) is 0 Å². The second kappa shape index (κ2) is 8.28. The first-order valence-electron chi connectivity index (χ1n) is 7.28. The summed E-state index contributed by atoms with van der Waals surface area (Å²) in [4.78, 5) is 34.7. The number of ether oxygens (including phenoxy) is 1. The summed E-state index contributed by atoms with van der Waals surface area (Å²) < 4.78 is 4.93. The molecule has 1 fully saturated rings. The average molecular weight is 307 g/mol. The van der Waals surface area contributed by atoms with E-state index in [9.17, 15) is 9.59 Å². The Morgan fingerprint density at radius 1 is 1.36 bits per heavy atom. The Labute approximate surface area is 129 Å². The quantitative estimate of drug-likeness (QED) is 0.541. The number of piperazine rings is 1. The molecule has 1 aromatic rings. The number of methoxy groups -OCH3 is 1. The van der Waals surface area contributed by atoms with Gasteiger partial charge in [-0.25, -0.2) is 9.97 Å². The summed E-state index contributed by atoms with van der Waals surface area (Å²) in [5.41, 5.74) is 0.347. The lowest BCUT2D eigenvalue weighted by molar-refractivity contribution is -0.118. The number of rotatable bonds is 7. The molecule has 0 unspecified atom stereocenters. The normalized spacial score (nSPS) is 14.8. The molecule has 120 valence electrons. The van der Waals surface area contributed by atoms with E-state index in [1.807, 2.05) is 4.90 Å². The molecule has 22 heavy (non-hydrogen) atoms. The number of anilines is 1. The van der Waals surface area contributed by atoms with E-state index >= 15 is 0 Å². The van der Waals surface area contributed by atoms with Gasteiger partial charge < -0.3 is 19.9 Å². The molecule has 1 aliphatic rings. The summed E-state index contributed by atoms with van der Waals surface area (Å²) in [6.45, 7) is 3.87. The maximum Gasteiger partial charge on any atom is 0.270 e. The van der Waals surface area contributed by atoms with Crippen molar-refractivity contribution >= 4 is 18.1 Å². The van der Waals surface area contributed by atoms with Crippen molar-refractivity contribution in [3.8, 4) is 0 Å². The summed E-state index contributed by atoms with van der Waals surface area (Å²) in [6.07, 6.45) is 3.01. The molecule has 1 aliphatic heterocycles. The summed E-state index contributed by atoms with van der Waals surface area (Å²) in [6, 6.07) is 1.68. The molecule has 8 nitrogen and oxygen atoms in total. The van der Waals surface area contributed by atoms with Gasteiger partial charge in [0, 0.05) is 52.5 Å². The third kappa shape index (κ3) is 4.39. The van der Waals surface area contributed by atoms with Gasteiger partial charge in [0.05, 0.1) is 0 Å². The predicted octanol–water partition coefficient (Wildman–Crippen LogP) is -0.479. The van der Waals surface area contributed by atoms with Crippen LogP contribution in [-0.2, 0) is 9.53 Å². The number of carbonyl (C=O) groups excluding carboxylic acids is 2. The molecule has 1 aromatic heterocycles. The van der Waals surface area contributed by atoms with Crippen molar-refractivity contribution in [2.45, 2.75) is 6.42 Å². The minimum absolute atomic E-state index is 0.216. The van der Waals surface area contributed by atoms with Gasteiger partial charge in [0.15, 0.2) is 0 Å². The first-order valence-corrected chi connectivity index (χ1v) is 7.28. The van der Waals surface area contributed by atoms with Gasteiger partial charge in [-0.3, -0.25) is 9.59 Å². The molecule has 1 saturated heterocycles. The van der Waals surface area contributed by atoms with Crippen molar-refractivity contribution in [2.24, 2.45) is 0 Å². The molecule has 1 N–H and O–H groups in total. The third-order valence-electron chi connectivity index (χ3n) is 3.48. The van der Waals surface area contributed by atoms with Crippen molar-refractivity contribution in [3.05, 3.63) is 18.1 Å². The molecule has 0 aliphatic carbocycles. The van der Waals surface area contributed by atoms with Gasteiger partial charge in [0.1, 0.15) is 17.8 Å². The Bertz CT molecular complexity index is 503. The number of aromatic nitrogens is 2. The molecule has 0 spiro atoms. The Kier molecular flexibility index (Phi) is 6.08. The second-order valence-corrected chi connectivity index (χ2v) is 4.99. The Hall–Kier alpha value is -2.22. The average Bonchev–Trinajstić information content (AvgIpc) is 2.59. The van der Waals surface area contributed by atoms with Gasteiger partial charge in [0.25, 0.3) is 5.91 Å². The standard InChI is InChI=1S/C14H21N5O3/c1-22-8-2-3-15-14(21)12-9-13(17-10-16-12)19-6-4-18(11-20)5-7-19/h9-11H,2-8H2,1H3,(H,15,21). The Morgan fingerprint density at radius 3 is 2.82 bits per heavy atom. The highest BCUT2D eigenvalue weighted by atomic mass is 16.5. The van der Waals surface area contributed by atoms with Gasteiger partial charge in [-0.1, -0.05) is 0 Å². The van der Waals surface area contributed by atoms with Crippen LogP contribution in [0, 0.1) is 0 Å². The number of nitrogens with zero attached hydrogens (tertiary/aromatic N) is 4. The van der Waals surface area contributed by atoms with Gasteiger partial charge in [0.2, 0.25) is 6.41 Å². The molecular formula is C14H21N5O3. The number of amides is 2. The lowest BCUT2D eigenvalue weighted by Crippen LogP contribution is -2.46. The van der Waals surface area contributed by atoms with Crippen LogP contribution < -0.4 is 10.2 Å². The van der Waals surface area contributed by atoms with E-state index in [0.717, 1.165) is 12.8 Å². The number of hydrogen-bond acceptors (Lipinski definition) is 6. The molecule has 0 saturated carbocycles. The van der Waals surface area contributed by atoms with E-state index in [4.69, 9.17) is 4.74 Å². The SMILES string of the molecule is COCCCNC(=O)c1cc(N2CCN(C=O)CC2)ncn1. The summed E-state index contributed by atoms with van der Waals surface area (Å²) in [7, 11) is 1.63. The largest absolute Gasteiger partial charge is 0.385 e. The van der Waals surface area contributed by atoms with E-state index < -0.39 is 0 Å². The fraction of sp³-hybridized carbons (Fsp3) is 0.571. The number of nitrogens with one attached hydrogen (secondary N) is 1. The highest BCUT2D eigenvalue weighted by Crippen LogP contribution is 2.13. The zero-order valence-electron chi connectivity index (χ0n) is 12.7. The Morgan fingerprint density at radius 2 is 2.14 bits per heavy atom. The van der Waals surface area contributed by atoms with Crippen molar-refractivity contribution < 1.29 is 14.3 Å². The van der Waals surface area contributed by atoms with Gasteiger partial charge in [-0.05, 0) is 6.42 Å². The summed E-state index contributed by atoms with van der Waals surface area (Å²) >= 11 is 0. The van der Waals surface area contributed by atoms with Gasteiger partial charge >= 0.3 is 0 Å². The van der Waals surface area contributed by atoms with E-state index in [0.29, 0.717) is 50.8 Å². The van der Waals surface area contributed by atoms with Crippen LogP contribution in [0.3, 0.4) is 0 Å². The maximum absolute atomic E-state index is 12.0. The summed E-state index contributed by atoms with van der Waals surface area (Å²) in [5.74, 6) is 0.494. The third-order valence-corrected chi connectivity index (χ3v) is 3.48. The zero-order chi connectivity index (χ0) is 15.8. The van der Waals surface area contributed by atoms with E-state index in [1.165, 1.54) is 6.33 Å². The molecule has 8 heteroatoms.